The maximum atomic E-state index is 13.5. The van der Waals surface area contributed by atoms with Gasteiger partial charge in [0.15, 0.2) is 5.82 Å². The molecule has 1 saturated carbocycles. The fourth-order valence-corrected chi connectivity index (χ4v) is 5.55. The molecule has 4 heterocycles. The van der Waals surface area contributed by atoms with E-state index in [0.29, 0.717) is 28.8 Å². The van der Waals surface area contributed by atoms with Crippen molar-refractivity contribution in [3.63, 3.8) is 0 Å². The van der Waals surface area contributed by atoms with Crippen LogP contribution in [0.2, 0.25) is 0 Å². The second-order valence-corrected chi connectivity index (χ2v) is 11.9. The van der Waals surface area contributed by atoms with Gasteiger partial charge in [0, 0.05) is 42.8 Å². The fourth-order valence-electron chi connectivity index (χ4n) is 4.96. The molecule has 41 heavy (non-hydrogen) atoms. The van der Waals surface area contributed by atoms with Crippen LogP contribution in [0.5, 0.6) is 5.88 Å². The summed E-state index contributed by atoms with van der Waals surface area (Å²) < 4.78 is 49.7. The number of nitrogens with zero attached hydrogens (tertiary/aromatic N) is 5. The monoisotopic (exact) mass is 589 g/mol. The first-order valence-corrected chi connectivity index (χ1v) is 14.6. The van der Waals surface area contributed by atoms with Crippen LogP contribution in [-0.4, -0.2) is 57.1 Å². The van der Waals surface area contributed by atoms with Crippen LogP contribution in [0.3, 0.4) is 0 Å². The normalized spacial score (nSPS) is 18.8. The summed E-state index contributed by atoms with van der Waals surface area (Å²) in [5, 5.41) is 8.33. The first-order chi connectivity index (χ1) is 19.5. The largest absolute Gasteiger partial charge is 0.476 e. The standard InChI is InChI=1S/C28H34F3N7O2S/c1-4-37-24-19(25(39)36-41-23-9-7-8-20(33-23)32-16-6-5-13-26(37,2)3)10-11-21(34-24)38-17-12-22(35-38)40-18-27(14-15-27)28(29,30)31/h7-12,17H,4-6,13-16,18H2,1-3H3,(H,32,33)(H,36,39). The third-order valence-electron chi connectivity index (χ3n) is 7.65. The zero-order valence-corrected chi connectivity index (χ0v) is 24.1. The van der Waals surface area contributed by atoms with Gasteiger partial charge in [-0.2, -0.15) is 13.2 Å². The number of carbonyl (C=O) groups excluding carboxylic acids is 1. The number of halogens is 3. The lowest BCUT2D eigenvalue weighted by molar-refractivity contribution is -0.194. The molecule has 0 radical (unpaired) electrons. The van der Waals surface area contributed by atoms with Crippen LogP contribution < -0.4 is 19.7 Å². The van der Waals surface area contributed by atoms with Crippen LogP contribution in [0.1, 0.15) is 63.2 Å². The number of hydrogen-bond donors (Lipinski definition) is 2. The van der Waals surface area contributed by atoms with Crippen molar-refractivity contribution in [3.8, 4) is 11.7 Å². The van der Waals surface area contributed by atoms with E-state index >= 15 is 0 Å². The second kappa shape index (κ2) is 11.4. The number of anilines is 2. The molecule has 3 aromatic rings. The number of amides is 1. The predicted molar refractivity (Wildman–Crippen MR) is 152 cm³/mol. The number of ether oxygens (including phenoxy) is 1. The molecule has 2 bridgehead atoms. The van der Waals surface area contributed by atoms with Crippen LogP contribution in [0.4, 0.5) is 24.8 Å². The molecule has 2 N–H and O–H groups in total. The van der Waals surface area contributed by atoms with Gasteiger partial charge < -0.3 is 15.0 Å². The Morgan fingerprint density at radius 3 is 2.61 bits per heavy atom. The number of hydrogen-bond acceptors (Lipinski definition) is 8. The van der Waals surface area contributed by atoms with Gasteiger partial charge in [-0.25, -0.2) is 14.6 Å². The highest BCUT2D eigenvalue weighted by molar-refractivity contribution is 7.97. The van der Waals surface area contributed by atoms with Crippen LogP contribution in [0, 0.1) is 5.41 Å². The van der Waals surface area contributed by atoms with Gasteiger partial charge in [0.1, 0.15) is 28.7 Å². The summed E-state index contributed by atoms with van der Waals surface area (Å²) in [5.41, 5.74) is -1.72. The Labute approximate surface area is 241 Å². The summed E-state index contributed by atoms with van der Waals surface area (Å²) >= 11 is 1.13. The zero-order valence-electron chi connectivity index (χ0n) is 23.3. The molecule has 0 aromatic carbocycles. The Hall–Kier alpha value is -3.48. The molecule has 0 saturated heterocycles. The number of nitrogens with one attached hydrogen (secondary N) is 2. The summed E-state index contributed by atoms with van der Waals surface area (Å²) in [6.07, 6.45) is 0.166. The van der Waals surface area contributed by atoms with Gasteiger partial charge in [-0.1, -0.05) is 6.07 Å². The third-order valence-corrected chi connectivity index (χ3v) is 8.38. The highest BCUT2D eigenvalue weighted by atomic mass is 32.2. The predicted octanol–water partition coefficient (Wildman–Crippen LogP) is 6.02. The van der Waals surface area contributed by atoms with Crippen molar-refractivity contribution in [2.45, 2.75) is 69.6 Å². The van der Waals surface area contributed by atoms with Gasteiger partial charge in [0.05, 0.1) is 5.56 Å². The highest BCUT2D eigenvalue weighted by Gasteiger charge is 2.64. The smallest absolute Gasteiger partial charge is 0.397 e. The Balaban J connectivity index is 1.44. The van der Waals surface area contributed by atoms with Gasteiger partial charge in [0.2, 0.25) is 5.88 Å². The molecule has 1 aliphatic carbocycles. The van der Waals surface area contributed by atoms with Gasteiger partial charge in [-0.15, -0.1) is 5.10 Å². The Bertz CT molecular complexity index is 1390. The van der Waals surface area contributed by atoms with E-state index in [9.17, 15) is 18.0 Å². The first-order valence-electron chi connectivity index (χ1n) is 13.7. The maximum Gasteiger partial charge on any atom is 0.397 e. The quantitative estimate of drug-likeness (QED) is 0.349. The zero-order chi connectivity index (χ0) is 29.3. The lowest BCUT2D eigenvalue weighted by Crippen LogP contribution is -2.45. The second-order valence-electron chi connectivity index (χ2n) is 11.0. The van der Waals surface area contributed by atoms with E-state index in [4.69, 9.17) is 9.72 Å². The third kappa shape index (κ3) is 6.39. The summed E-state index contributed by atoms with van der Waals surface area (Å²) in [5.74, 6) is 1.44. The number of pyridine rings is 2. The van der Waals surface area contributed by atoms with Crippen molar-refractivity contribution in [2.24, 2.45) is 5.41 Å². The maximum absolute atomic E-state index is 13.5. The van der Waals surface area contributed by atoms with Crippen molar-refractivity contribution in [2.75, 3.05) is 29.9 Å². The van der Waals surface area contributed by atoms with Crippen LogP contribution >= 0.6 is 11.9 Å². The minimum absolute atomic E-state index is 0.0601. The number of carbonyl (C=O) groups is 1. The molecular weight excluding hydrogens is 555 g/mol. The molecule has 1 amide bonds. The number of fused-ring (bicyclic) bond motifs is 3. The molecule has 0 unspecified atom stereocenters. The van der Waals surface area contributed by atoms with Crippen molar-refractivity contribution in [1.29, 1.82) is 0 Å². The van der Waals surface area contributed by atoms with E-state index in [0.717, 1.165) is 43.6 Å². The van der Waals surface area contributed by atoms with Crippen LogP contribution in [0.15, 0.2) is 47.6 Å². The molecule has 220 valence electrons. The molecule has 0 spiro atoms. The Kier molecular flexibility index (Phi) is 8.09. The first kappa shape index (κ1) is 29.0. The average Bonchev–Trinajstić information content (AvgIpc) is 3.60. The molecular formula is C28H34F3N7O2S. The summed E-state index contributed by atoms with van der Waals surface area (Å²) in [6, 6.07) is 10.5. The summed E-state index contributed by atoms with van der Waals surface area (Å²) in [6.45, 7) is 7.20. The van der Waals surface area contributed by atoms with E-state index in [1.165, 1.54) is 10.7 Å². The molecule has 1 aliphatic heterocycles. The van der Waals surface area contributed by atoms with Gasteiger partial charge in [-0.3, -0.25) is 9.52 Å². The van der Waals surface area contributed by atoms with Crippen LogP contribution in [0.25, 0.3) is 5.82 Å². The van der Waals surface area contributed by atoms with Crippen molar-refractivity contribution in [3.05, 3.63) is 48.2 Å². The Morgan fingerprint density at radius 2 is 1.88 bits per heavy atom. The molecule has 3 aromatic heterocycles. The molecule has 0 atom stereocenters. The number of rotatable bonds is 5. The van der Waals surface area contributed by atoms with E-state index in [1.807, 2.05) is 25.1 Å². The van der Waals surface area contributed by atoms with Gasteiger partial charge >= 0.3 is 6.18 Å². The highest BCUT2D eigenvalue weighted by Crippen LogP contribution is 2.57. The molecule has 1 fully saturated rings. The molecule has 13 heteroatoms. The van der Waals surface area contributed by atoms with Crippen LogP contribution in [-0.2, 0) is 0 Å². The molecule has 5 rings (SSSR count). The van der Waals surface area contributed by atoms with Crippen molar-refractivity contribution < 1.29 is 22.7 Å². The topological polar surface area (TPSA) is 97.2 Å². The summed E-state index contributed by atoms with van der Waals surface area (Å²) in [4.78, 5) is 25.0. The summed E-state index contributed by atoms with van der Waals surface area (Å²) in [7, 11) is 0. The number of aromatic nitrogens is 4. The minimum Gasteiger partial charge on any atom is -0.476 e. The number of alkyl halides is 3. The van der Waals surface area contributed by atoms with Gasteiger partial charge in [-0.05, 0) is 77.1 Å². The van der Waals surface area contributed by atoms with E-state index in [2.05, 4.69) is 38.9 Å². The lowest BCUT2D eigenvalue weighted by Gasteiger charge is -2.40. The fraction of sp³-hybridized carbons (Fsp3) is 0.500. The Morgan fingerprint density at radius 1 is 1.07 bits per heavy atom. The lowest BCUT2D eigenvalue weighted by atomic mass is 9.94. The SMILES string of the molecule is CCN1c2nc(-n3ccc(OCC4(C(F)(F)F)CC4)n3)ccc2C(=O)NSc2cccc(n2)NCCCCC1(C)C. The van der Waals surface area contributed by atoms with E-state index < -0.39 is 18.2 Å². The average molecular weight is 590 g/mol. The van der Waals surface area contributed by atoms with Gasteiger partial charge in [0.25, 0.3) is 5.91 Å². The van der Waals surface area contributed by atoms with Crippen molar-refractivity contribution in [1.82, 2.24) is 24.5 Å². The van der Waals surface area contributed by atoms with E-state index in [-0.39, 0.29) is 30.2 Å². The van der Waals surface area contributed by atoms with E-state index in [1.54, 1.807) is 18.3 Å². The minimum atomic E-state index is -4.30. The molecule has 9 nitrogen and oxygen atoms in total. The molecule has 2 aliphatic rings. The van der Waals surface area contributed by atoms with Crippen molar-refractivity contribution >= 4 is 29.5 Å².